The lowest BCUT2D eigenvalue weighted by atomic mass is 10.1. The predicted molar refractivity (Wildman–Crippen MR) is 83.5 cm³/mol. The van der Waals surface area contributed by atoms with Gasteiger partial charge in [0.05, 0.1) is 12.1 Å². The van der Waals surface area contributed by atoms with Crippen molar-refractivity contribution in [3.8, 4) is 5.75 Å². The van der Waals surface area contributed by atoms with E-state index in [9.17, 15) is 14.7 Å². The van der Waals surface area contributed by atoms with Crippen molar-refractivity contribution >= 4 is 23.4 Å². The normalized spacial score (nSPS) is 10.2. The molecule has 22 heavy (non-hydrogen) atoms. The first kappa shape index (κ1) is 15.9. The van der Waals surface area contributed by atoms with E-state index in [1.807, 2.05) is 0 Å². The number of para-hydroxylation sites is 1. The summed E-state index contributed by atoms with van der Waals surface area (Å²) in [6.07, 6.45) is 0. The van der Waals surface area contributed by atoms with E-state index in [2.05, 4.69) is 0 Å². The minimum atomic E-state index is -0.634. The molecule has 0 unspecified atom stereocenters. The van der Waals surface area contributed by atoms with Gasteiger partial charge in [-0.2, -0.15) is 0 Å². The van der Waals surface area contributed by atoms with E-state index >= 15 is 0 Å². The van der Waals surface area contributed by atoms with Crippen LogP contribution >= 0.6 is 11.6 Å². The Labute approximate surface area is 132 Å². The van der Waals surface area contributed by atoms with Gasteiger partial charge in [-0.15, -0.1) is 0 Å². The zero-order valence-electron chi connectivity index (χ0n) is 11.7. The number of phenols is 1. The van der Waals surface area contributed by atoms with Gasteiger partial charge in [0.25, 0.3) is 5.91 Å². The number of aromatic hydroxyl groups is 1. The summed E-state index contributed by atoms with van der Waals surface area (Å²) in [5.41, 5.74) is 6.09. The van der Waals surface area contributed by atoms with Gasteiger partial charge in [0.1, 0.15) is 5.75 Å². The molecule has 2 aromatic carbocycles. The van der Waals surface area contributed by atoms with Crippen LogP contribution < -0.4 is 5.73 Å². The number of hydrogen-bond donors (Lipinski definition) is 2. The molecule has 0 radical (unpaired) electrons. The molecule has 0 fully saturated rings. The fraction of sp³-hybridized carbons (Fsp3) is 0.125. The van der Waals surface area contributed by atoms with E-state index < -0.39 is 11.8 Å². The molecular formula is C16H15ClN2O3. The molecule has 5 nitrogen and oxygen atoms in total. The van der Waals surface area contributed by atoms with E-state index in [1.54, 1.807) is 36.4 Å². The highest BCUT2D eigenvalue weighted by Crippen LogP contribution is 2.20. The molecular weight excluding hydrogens is 304 g/mol. The van der Waals surface area contributed by atoms with Crippen LogP contribution in [0.15, 0.2) is 48.5 Å². The number of amides is 2. The Kier molecular flexibility index (Phi) is 5.01. The van der Waals surface area contributed by atoms with Gasteiger partial charge in [-0.05, 0) is 29.8 Å². The lowest BCUT2D eigenvalue weighted by Crippen LogP contribution is -2.38. The maximum Gasteiger partial charge on any atom is 0.258 e. The Morgan fingerprint density at radius 2 is 1.86 bits per heavy atom. The Morgan fingerprint density at radius 3 is 2.50 bits per heavy atom. The monoisotopic (exact) mass is 318 g/mol. The lowest BCUT2D eigenvalue weighted by molar-refractivity contribution is -0.118. The summed E-state index contributed by atoms with van der Waals surface area (Å²) < 4.78 is 0. The fourth-order valence-electron chi connectivity index (χ4n) is 2.07. The van der Waals surface area contributed by atoms with Crippen molar-refractivity contribution in [2.24, 2.45) is 5.73 Å². The van der Waals surface area contributed by atoms with Crippen molar-refractivity contribution in [1.29, 1.82) is 0 Å². The Hall–Kier alpha value is -2.53. The van der Waals surface area contributed by atoms with Crippen LogP contribution in [0, 0.1) is 0 Å². The highest BCUT2D eigenvalue weighted by atomic mass is 35.5. The van der Waals surface area contributed by atoms with Gasteiger partial charge in [0.15, 0.2) is 0 Å². The number of nitrogens with zero attached hydrogens (tertiary/aromatic N) is 1. The van der Waals surface area contributed by atoms with Crippen LogP contribution in [0.1, 0.15) is 15.9 Å². The number of benzene rings is 2. The molecule has 2 rings (SSSR count). The number of primary amides is 1. The molecule has 0 spiro atoms. The minimum absolute atomic E-state index is 0.116. The number of phenolic OH excluding ortho intramolecular Hbond substituents is 1. The van der Waals surface area contributed by atoms with E-state index in [-0.39, 0.29) is 24.4 Å². The highest BCUT2D eigenvalue weighted by Gasteiger charge is 2.20. The van der Waals surface area contributed by atoms with Gasteiger partial charge in [0.2, 0.25) is 5.91 Å². The molecule has 0 aromatic heterocycles. The smallest absolute Gasteiger partial charge is 0.258 e. The number of hydrogen-bond acceptors (Lipinski definition) is 3. The zero-order valence-corrected chi connectivity index (χ0v) is 12.5. The number of halogens is 1. The highest BCUT2D eigenvalue weighted by molar-refractivity contribution is 6.30. The Bertz CT molecular complexity index is 703. The lowest BCUT2D eigenvalue weighted by Gasteiger charge is -2.22. The second-order valence-electron chi connectivity index (χ2n) is 4.77. The van der Waals surface area contributed by atoms with Gasteiger partial charge in [-0.25, -0.2) is 0 Å². The summed E-state index contributed by atoms with van der Waals surface area (Å²) in [6.45, 7) is -0.0870. The van der Waals surface area contributed by atoms with E-state index in [1.165, 1.54) is 17.0 Å². The quantitative estimate of drug-likeness (QED) is 0.886. The second-order valence-corrected chi connectivity index (χ2v) is 5.21. The summed E-state index contributed by atoms with van der Waals surface area (Å²) in [4.78, 5) is 25.0. The van der Waals surface area contributed by atoms with Crippen molar-refractivity contribution in [3.05, 3.63) is 64.7 Å². The molecule has 0 saturated heterocycles. The van der Waals surface area contributed by atoms with Crippen molar-refractivity contribution in [2.45, 2.75) is 6.54 Å². The molecule has 0 aliphatic carbocycles. The Morgan fingerprint density at radius 1 is 1.14 bits per heavy atom. The van der Waals surface area contributed by atoms with Gasteiger partial charge in [-0.3, -0.25) is 9.59 Å². The third-order valence-corrected chi connectivity index (χ3v) is 3.27. The molecule has 2 aromatic rings. The topological polar surface area (TPSA) is 83.6 Å². The van der Waals surface area contributed by atoms with Gasteiger partial charge in [-0.1, -0.05) is 35.9 Å². The maximum atomic E-state index is 12.5. The average molecular weight is 319 g/mol. The largest absolute Gasteiger partial charge is 0.507 e. The van der Waals surface area contributed by atoms with Gasteiger partial charge in [0, 0.05) is 11.6 Å². The second kappa shape index (κ2) is 6.95. The molecule has 0 aliphatic heterocycles. The summed E-state index contributed by atoms with van der Waals surface area (Å²) in [7, 11) is 0. The molecule has 0 aliphatic rings. The first-order valence-electron chi connectivity index (χ1n) is 6.57. The maximum absolute atomic E-state index is 12.5. The van der Waals surface area contributed by atoms with Crippen molar-refractivity contribution in [1.82, 2.24) is 4.90 Å². The first-order valence-corrected chi connectivity index (χ1v) is 6.95. The number of rotatable bonds is 5. The van der Waals surface area contributed by atoms with Crippen molar-refractivity contribution in [3.63, 3.8) is 0 Å². The summed E-state index contributed by atoms with van der Waals surface area (Å²) in [5.74, 6) is -1.25. The molecule has 0 atom stereocenters. The first-order chi connectivity index (χ1) is 10.5. The minimum Gasteiger partial charge on any atom is -0.507 e. The third kappa shape index (κ3) is 3.99. The summed E-state index contributed by atoms with van der Waals surface area (Å²) >= 11 is 5.92. The van der Waals surface area contributed by atoms with Crippen LogP contribution in [0.3, 0.4) is 0 Å². The molecule has 0 bridgehead atoms. The zero-order chi connectivity index (χ0) is 16.1. The number of carbonyl (C=O) groups is 2. The van der Waals surface area contributed by atoms with Crippen LogP contribution in [0.4, 0.5) is 0 Å². The van der Waals surface area contributed by atoms with Crippen molar-refractivity contribution in [2.75, 3.05) is 6.54 Å². The summed E-state index contributed by atoms with van der Waals surface area (Å²) in [5, 5.41) is 10.3. The Balaban J connectivity index is 2.28. The fourth-order valence-corrected chi connectivity index (χ4v) is 2.28. The van der Waals surface area contributed by atoms with Crippen LogP contribution in [0.25, 0.3) is 0 Å². The van der Waals surface area contributed by atoms with E-state index in [0.717, 1.165) is 5.56 Å². The standard InChI is InChI=1S/C16H15ClN2O3/c17-12-5-3-4-11(8-12)9-19(10-15(18)21)16(22)13-6-1-2-7-14(13)20/h1-8,20H,9-10H2,(H2,18,21). The molecule has 6 heteroatoms. The number of carbonyl (C=O) groups excluding carboxylic acids is 2. The molecule has 114 valence electrons. The molecule has 0 saturated carbocycles. The molecule has 2 amide bonds. The molecule has 3 N–H and O–H groups in total. The van der Waals surface area contributed by atoms with Gasteiger partial charge >= 0.3 is 0 Å². The molecule has 0 heterocycles. The predicted octanol–water partition coefficient (Wildman–Crippen LogP) is 2.17. The SMILES string of the molecule is NC(=O)CN(Cc1cccc(Cl)c1)C(=O)c1ccccc1O. The van der Waals surface area contributed by atoms with Crippen LogP contribution in [0.2, 0.25) is 5.02 Å². The van der Waals surface area contributed by atoms with Crippen LogP contribution in [-0.4, -0.2) is 28.4 Å². The third-order valence-electron chi connectivity index (χ3n) is 3.03. The van der Waals surface area contributed by atoms with Crippen molar-refractivity contribution < 1.29 is 14.7 Å². The summed E-state index contributed by atoms with van der Waals surface area (Å²) in [6, 6.07) is 13.1. The van der Waals surface area contributed by atoms with Gasteiger partial charge < -0.3 is 15.7 Å². The number of nitrogens with two attached hydrogens (primary N) is 1. The average Bonchev–Trinajstić information content (AvgIpc) is 2.46. The van der Waals surface area contributed by atoms with E-state index in [0.29, 0.717) is 5.02 Å². The van der Waals surface area contributed by atoms with E-state index in [4.69, 9.17) is 17.3 Å². The van der Waals surface area contributed by atoms with Crippen LogP contribution in [-0.2, 0) is 11.3 Å². The van der Waals surface area contributed by atoms with Crippen LogP contribution in [0.5, 0.6) is 5.75 Å².